The van der Waals surface area contributed by atoms with Crippen LogP contribution in [0.1, 0.15) is 30.0 Å². The van der Waals surface area contributed by atoms with Crippen molar-refractivity contribution in [2.45, 2.75) is 25.3 Å². The number of fused-ring (bicyclic) bond motifs is 1. The van der Waals surface area contributed by atoms with Crippen LogP contribution in [0.3, 0.4) is 0 Å². The lowest BCUT2D eigenvalue weighted by Gasteiger charge is -2.29. The molecule has 0 radical (unpaired) electrons. The van der Waals surface area contributed by atoms with E-state index in [0.29, 0.717) is 5.56 Å². The normalized spacial score (nSPS) is 16.2. The number of aromatic hydroxyl groups is 1. The quantitative estimate of drug-likeness (QED) is 0.751. The maximum atomic E-state index is 10.7. The smallest absolute Gasteiger partial charge is 0.305 e. The molecular formula is C13H18N2O3. The van der Waals surface area contributed by atoms with E-state index < -0.39 is 12.0 Å². The molecule has 0 bridgehead atoms. The molecule has 0 spiro atoms. The minimum Gasteiger partial charge on any atom is -0.507 e. The fourth-order valence-electron chi connectivity index (χ4n) is 2.46. The third-order valence-electron chi connectivity index (χ3n) is 3.41. The van der Waals surface area contributed by atoms with Crippen LogP contribution in [0, 0.1) is 0 Å². The molecule has 1 aromatic carbocycles. The Balaban J connectivity index is 2.37. The molecule has 5 nitrogen and oxygen atoms in total. The molecule has 0 aromatic heterocycles. The van der Waals surface area contributed by atoms with Gasteiger partial charge in [0, 0.05) is 36.4 Å². The van der Waals surface area contributed by atoms with Crippen molar-refractivity contribution in [1.82, 2.24) is 0 Å². The lowest BCUT2D eigenvalue weighted by atomic mass is 9.94. The molecule has 5 heteroatoms. The third kappa shape index (κ3) is 2.26. The van der Waals surface area contributed by atoms with Crippen molar-refractivity contribution < 1.29 is 15.0 Å². The van der Waals surface area contributed by atoms with Crippen LogP contribution in [0.25, 0.3) is 0 Å². The van der Waals surface area contributed by atoms with Gasteiger partial charge in [-0.2, -0.15) is 0 Å². The number of carbonyl (C=O) groups is 1. The number of phenolic OH excluding ortho intramolecular Hbond substituents is 1. The molecule has 2 rings (SSSR count). The average Bonchev–Trinajstić information content (AvgIpc) is 2.29. The molecule has 1 atom stereocenters. The predicted octanol–water partition coefficient (Wildman–Crippen LogP) is 1.25. The van der Waals surface area contributed by atoms with Gasteiger partial charge in [-0.15, -0.1) is 0 Å². The number of hydrogen-bond donors (Lipinski definition) is 3. The molecule has 1 aliphatic rings. The van der Waals surface area contributed by atoms with Gasteiger partial charge in [-0.25, -0.2) is 0 Å². The highest BCUT2D eigenvalue weighted by Gasteiger charge is 2.22. The fourth-order valence-corrected chi connectivity index (χ4v) is 2.46. The highest BCUT2D eigenvalue weighted by molar-refractivity contribution is 5.69. The minimum atomic E-state index is -0.961. The number of anilines is 1. The molecule has 0 amide bonds. The number of benzene rings is 1. The summed E-state index contributed by atoms with van der Waals surface area (Å²) in [6.45, 7) is 0.965. The molecule has 1 aromatic rings. The van der Waals surface area contributed by atoms with Crippen molar-refractivity contribution >= 4 is 11.7 Å². The number of hydrogen-bond acceptors (Lipinski definition) is 4. The second kappa shape index (κ2) is 4.86. The van der Waals surface area contributed by atoms with Crippen LogP contribution in [0.2, 0.25) is 0 Å². The molecule has 98 valence electrons. The summed E-state index contributed by atoms with van der Waals surface area (Å²) in [4.78, 5) is 12.8. The zero-order valence-corrected chi connectivity index (χ0v) is 10.4. The van der Waals surface area contributed by atoms with E-state index in [4.69, 9.17) is 10.8 Å². The molecule has 4 N–H and O–H groups in total. The van der Waals surface area contributed by atoms with Gasteiger partial charge < -0.3 is 20.8 Å². The highest BCUT2D eigenvalue weighted by atomic mass is 16.4. The number of rotatable bonds is 3. The van der Waals surface area contributed by atoms with Crippen LogP contribution in [0.4, 0.5) is 5.69 Å². The monoisotopic (exact) mass is 250 g/mol. The Morgan fingerprint density at radius 2 is 2.28 bits per heavy atom. The SMILES string of the molecule is CN1CCCc2c1ccc(C(N)CC(=O)O)c2O. The maximum absolute atomic E-state index is 10.7. The number of phenols is 1. The first-order valence-electron chi connectivity index (χ1n) is 6.04. The van der Waals surface area contributed by atoms with Gasteiger partial charge in [0.25, 0.3) is 0 Å². The van der Waals surface area contributed by atoms with Crippen LogP contribution >= 0.6 is 0 Å². The van der Waals surface area contributed by atoms with Gasteiger partial charge in [0.2, 0.25) is 0 Å². The largest absolute Gasteiger partial charge is 0.507 e. The molecule has 1 heterocycles. The summed E-state index contributed by atoms with van der Waals surface area (Å²) in [5.41, 5.74) is 8.21. The van der Waals surface area contributed by atoms with E-state index in [1.165, 1.54) is 0 Å². The van der Waals surface area contributed by atoms with E-state index in [0.717, 1.165) is 30.6 Å². The molecule has 1 unspecified atom stereocenters. The van der Waals surface area contributed by atoms with Crippen molar-refractivity contribution in [1.29, 1.82) is 0 Å². The van der Waals surface area contributed by atoms with Crippen LogP contribution in [0.15, 0.2) is 12.1 Å². The van der Waals surface area contributed by atoms with Crippen LogP contribution in [-0.2, 0) is 11.2 Å². The average molecular weight is 250 g/mol. The van der Waals surface area contributed by atoms with Crippen molar-refractivity contribution in [3.8, 4) is 5.75 Å². The summed E-state index contributed by atoms with van der Waals surface area (Å²) in [5, 5.41) is 19.0. The Labute approximate surface area is 106 Å². The number of carboxylic acids is 1. The summed E-state index contributed by atoms with van der Waals surface area (Å²) in [5.74, 6) is -0.801. The zero-order valence-electron chi connectivity index (χ0n) is 10.4. The van der Waals surface area contributed by atoms with Crippen LogP contribution in [0.5, 0.6) is 5.75 Å². The summed E-state index contributed by atoms with van der Waals surface area (Å²) >= 11 is 0. The van der Waals surface area contributed by atoms with E-state index in [-0.39, 0.29) is 12.2 Å². The van der Waals surface area contributed by atoms with Gasteiger partial charge in [-0.3, -0.25) is 4.79 Å². The first kappa shape index (κ1) is 12.7. The van der Waals surface area contributed by atoms with Gasteiger partial charge in [0.1, 0.15) is 5.75 Å². The van der Waals surface area contributed by atoms with E-state index >= 15 is 0 Å². The van der Waals surface area contributed by atoms with E-state index in [9.17, 15) is 9.90 Å². The highest BCUT2D eigenvalue weighted by Crippen LogP contribution is 2.37. The third-order valence-corrected chi connectivity index (χ3v) is 3.41. The molecule has 0 saturated heterocycles. The Morgan fingerprint density at radius 3 is 2.94 bits per heavy atom. The number of aliphatic carboxylic acids is 1. The number of carboxylic acid groups (broad SMARTS) is 1. The summed E-state index contributed by atoms with van der Waals surface area (Å²) < 4.78 is 0. The van der Waals surface area contributed by atoms with Crippen LogP contribution < -0.4 is 10.6 Å². The fraction of sp³-hybridized carbons (Fsp3) is 0.462. The summed E-state index contributed by atoms with van der Waals surface area (Å²) in [7, 11) is 1.98. The maximum Gasteiger partial charge on any atom is 0.305 e. The first-order chi connectivity index (χ1) is 8.50. The molecular weight excluding hydrogens is 232 g/mol. The predicted molar refractivity (Wildman–Crippen MR) is 68.9 cm³/mol. The van der Waals surface area contributed by atoms with Gasteiger partial charge in [-0.05, 0) is 18.9 Å². The lowest BCUT2D eigenvalue weighted by molar-refractivity contribution is -0.137. The Morgan fingerprint density at radius 1 is 1.56 bits per heavy atom. The minimum absolute atomic E-state index is 0.160. The lowest BCUT2D eigenvalue weighted by Crippen LogP contribution is -2.25. The summed E-state index contributed by atoms with van der Waals surface area (Å²) in [6, 6.07) is 2.97. The second-order valence-electron chi connectivity index (χ2n) is 4.73. The van der Waals surface area contributed by atoms with E-state index in [1.54, 1.807) is 6.07 Å². The molecule has 0 fully saturated rings. The number of nitrogens with two attached hydrogens (primary N) is 1. The van der Waals surface area contributed by atoms with Gasteiger partial charge in [0.05, 0.1) is 6.42 Å². The Kier molecular flexibility index (Phi) is 3.43. The molecule has 0 saturated carbocycles. The first-order valence-corrected chi connectivity index (χ1v) is 6.04. The van der Waals surface area contributed by atoms with Crippen molar-refractivity contribution in [3.63, 3.8) is 0 Å². The van der Waals surface area contributed by atoms with Crippen molar-refractivity contribution in [3.05, 3.63) is 23.3 Å². The van der Waals surface area contributed by atoms with Gasteiger partial charge in [-0.1, -0.05) is 6.07 Å². The Bertz CT molecular complexity index is 474. The molecule has 0 aliphatic carbocycles. The Hall–Kier alpha value is -1.75. The van der Waals surface area contributed by atoms with Gasteiger partial charge in [0.15, 0.2) is 0 Å². The topological polar surface area (TPSA) is 86.8 Å². The van der Waals surface area contributed by atoms with E-state index in [1.807, 2.05) is 13.1 Å². The van der Waals surface area contributed by atoms with Crippen molar-refractivity contribution in [2.75, 3.05) is 18.5 Å². The molecule has 18 heavy (non-hydrogen) atoms. The second-order valence-corrected chi connectivity index (χ2v) is 4.73. The zero-order chi connectivity index (χ0) is 13.3. The standard InChI is InChI=1S/C13H18N2O3/c1-15-6-2-3-9-11(15)5-4-8(13(9)18)10(14)7-12(16)17/h4-5,10,18H,2-3,6-7,14H2,1H3,(H,16,17). The van der Waals surface area contributed by atoms with E-state index in [2.05, 4.69) is 4.90 Å². The number of nitrogens with zero attached hydrogens (tertiary/aromatic N) is 1. The van der Waals surface area contributed by atoms with Crippen molar-refractivity contribution in [2.24, 2.45) is 5.73 Å². The summed E-state index contributed by atoms with van der Waals surface area (Å²) in [6.07, 6.45) is 1.61. The molecule has 1 aliphatic heterocycles. The van der Waals surface area contributed by atoms with Gasteiger partial charge >= 0.3 is 5.97 Å². The van der Waals surface area contributed by atoms with Crippen LogP contribution in [-0.4, -0.2) is 29.8 Å².